The molecule has 31 heavy (non-hydrogen) atoms. The van der Waals surface area contributed by atoms with Gasteiger partial charge in [0.15, 0.2) is 11.6 Å². The van der Waals surface area contributed by atoms with Crippen LogP contribution in [0.1, 0.15) is 16.7 Å². The summed E-state index contributed by atoms with van der Waals surface area (Å²) in [6, 6.07) is 17.2. The van der Waals surface area contributed by atoms with Crippen LogP contribution in [0.4, 0.5) is 17.6 Å². The zero-order valence-electron chi connectivity index (χ0n) is 16.9. The van der Waals surface area contributed by atoms with Gasteiger partial charge in [-0.3, -0.25) is 0 Å². The molecule has 0 radical (unpaired) electrons. The van der Waals surface area contributed by atoms with Gasteiger partial charge in [-0.25, -0.2) is 17.6 Å². The average Bonchev–Trinajstić information content (AvgIpc) is 2.76. The first-order chi connectivity index (χ1) is 15.0. The highest BCUT2D eigenvalue weighted by atomic mass is 19.2. The number of fused-ring (bicyclic) bond motifs is 1. The molecule has 0 amide bonds. The predicted octanol–water partition coefficient (Wildman–Crippen LogP) is 6.99. The van der Waals surface area contributed by atoms with Crippen molar-refractivity contribution in [3.8, 4) is 11.1 Å². The number of halogens is 4. The molecule has 0 aromatic heterocycles. The van der Waals surface area contributed by atoms with E-state index in [-0.39, 0.29) is 11.6 Å². The van der Waals surface area contributed by atoms with E-state index in [9.17, 15) is 13.2 Å². The van der Waals surface area contributed by atoms with Crippen molar-refractivity contribution in [2.45, 2.75) is 19.4 Å². The van der Waals surface area contributed by atoms with Crippen molar-refractivity contribution < 1.29 is 22.3 Å². The van der Waals surface area contributed by atoms with E-state index in [0.29, 0.717) is 52.5 Å². The van der Waals surface area contributed by atoms with Crippen LogP contribution < -0.4 is 0 Å². The summed E-state index contributed by atoms with van der Waals surface area (Å²) < 4.78 is 61.1. The fourth-order valence-electron chi connectivity index (χ4n) is 3.72. The molecule has 0 saturated carbocycles. The standard InChI is InChI=1S/C26H20F4O/c1-31-15-17-3-9-21(24(28)13-17)19-8-10-22-20(14-19)7-6-18(26(22)30)5-2-16-4-11-23(27)25(29)12-16/h3-4,6-14H,2,5,15H2,1H3. The van der Waals surface area contributed by atoms with Crippen molar-refractivity contribution >= 4 is 10.8 Å². The van der Waals surface area contributed by atoms with E-state index in [1.807, 2.05) is 0 Å². The minimum atomic E-state index is -0.911. The number of hydrogen-bond donors (Lipinski definition) is 0. The van der Waals surface area contributed by atoms with Gasteiger partial charge in [0.05, 0.1) is 6.61 Å². The van der Waals surface area contributed by atoms with Crippen LogP contribution in [-0.2, 0) is 24.2 Å². The van der Waals surface area contributed by atoms with Crippen molar-refractivity contribution in [2.75, 3.05) is 7.11 Å². The van der Waals surface area contributed by atoms with Crippen molar-refractivity contribution in [1.82, 2.24) is 0 Å². The minimum Gasteiger partial charge on any atom is -0.380 e. The molecule has 0 spiro atoms. The van der Waals surface area contributed by atoms with Crippen LogP contribution in [0, 0.1) is 23.3 Å². The third kappa shape index (κ3) is 4.47. The van der Waals surface area contributed by atoms with Crippen molar-refractivity contribution in [1.29, 1.82) is 0 Å². The Morgan fingerprint density at radius 1 is 0.677 bits per heavy atom. The summed E-state index contributed by atoms with van der Waals surface area (Å²) in [5, 5.41) is 1.09. The molecule has 0 aliphatic rings. The maximum Gasteiger partial charge on any atom is 0.159 e. The van der Waals surface area contributed by atoms with Crippen molar-refractivity contribution in [2.24, 2.45) is 0 Å². The topological polar surface area (TPSA) is 9.23 Å². The molecule has 0 fully saturated rings. The summed E-state index contributed by atoms with van der Waals surface area (Å²) in [7, 11) is 1.55. The van der Waals surface area contributed by atoms with Gasteiger partial charge in [0.25, 0.3) is 0 Å². The molecule has 4 rings (SSSR count). The second-order valence-corrected chi connectivity index (χ2v) is 7.47. The second kappa shape index (κ2) is 8.90. The lowest BCUT2D eigenvalue weighted by molar-refractivity contribution is 0.184. The van der Waals surface area contributed by atoms with Gasteiger partial charge in [-0.15, -0.1) is 0 Å². The summed E-state index contributed by atoms with van der Waals surface area (Å²) in [6.45, 7) is 0.327. The van der Waals surface area contributed by atoms with Gasteiger partial charge in [-0.05, 0) is 64.7 Å². The maximum atomic E-state index is 15.0. The van der Waals surface area contributed by atoms with E-state index in [0.717, 1.165) is 17.7 Å². The molecule has 0 aliphatic heterocycles. The molecule has 0 aliphatic carbocycles. The Morgan fingerprint density at radius 3 is 2.19 bits per heavy atom. The van der Waals surface area contributed by atoms with E-state index in [1.54, 1.807) is 49.6 Å². The third-order valence-electron chi connectivity index (χ3n) is 5.36. The molecule has 1 nitrogen and oxygen atoms in total. The molecule has 158 valence electrons. The SMILES string of the molecule is COCc1ccc(-c2ccc3c(F)c(CCc4ccc(F)c(F)c4)ccc3c2)c(F)c1. The van der Waals surface area contributed by atoms with Crippen LogP contribution in [0.15, 0.2) is 66.7 Å². The Bertz CT molecular complexity index is 1250. The molecule has 0 unspecified atom stereocenters. The van der Waals surface area contributed by atoms with E-state index >= 15 is 4.39 Å². The van der Waals surface area contributed by atoms with Gasteiger partial charge < -0.3 is 4.74 Å². The molecule has 0 atom stereocenters. The largest absolute Gasteiger partial charge is 0.380 e. The summed E-state index contributed by atoms with van der Waals surface area (Å²) >= 11 is 0. The number of benzene rings is 4. The van der Waals surface area contributed by atoms with E-state index in [2.05, 4.69) is 0 Å². The highest BCUT2D eigenvalue weighted by molar-refractivity contribution is 5.88. The summed E-state index contributed by atoms with van der Waals surface area (Å²) in [5.41, 5.74) is 2.91. The Morgan fingerprint density at radius 2 is 1.45 bits per heavy atom. The Hall–Kier alpha value is -3.18. The Labute approximate surface area is 177 Å². The van der Waals surface area contributed by atoms with E-state index < -0.39 is 11.6 Å². The van der Waals surface area contributed by atoms with Gasteiger partial charge in [0, 0.05) is 18.1 Å². The average molecular weight is 424 g/mol. The van der Waals surface area contributed by atoms with Crippen LogP contribution in [-0.4, -0.2) is 7.11 Å². The normalized spacial score (nSPS) is 11.3. The number of aryl methyl sites for hydroxylation is 2. The second-order valence-electron chi connectivity index (χ2n) is 7.47. The molecule has 0 saturated heterocycles. The summed E-state index contributed by atoms with van der Waals surface area (Å²) in [4.78, 5) is 0. The Balaban J connectivity index is 1.60. The van der Waals surface area contributed by atoms with Gasteiger partial charge in [0.1, 0.15) is 11.6 Å². The van der Waals surface area contributed by atoms with E-state index in [4.69, 9.17) is 4.74 Å². The Kier molecular flexibility index (Phi) is 6.05. The molecule has 0 N–H and O–H groups in total. The third-order valence-corrected chi connectivity index (χ3v) is 5.36. The highest BCUT2D eigenvalue weighted by Gasteiger charge is 2.12. The first kappa shape index (κ1) is 21.1. The van der Waals surface area contributed by atoms with Crippen molar-refractivity contribution in [3.63, 3.8) is 0 Å². The summed E-state index contributed by atoms with van der Waals surface area (Å²) in [6.07, 6.45) is 0.737. The fourth-order valence-corrected chi connectivity index (χ4v) is 3.72. The molecule has 4 aromatic carbocycles. The number of methoxy groups -OCH3 is 1. The van der Waals surface area contributed by atoms with Crippen LogP contribution in [0.5, 0.6) is 0 Å². The quantitative estimate of drug-likeness (QED) is 0.303. The molecular formula is C26H20F4O. The van der Waals surface area contributed by atoms with Crippen LogP contribution in [0.3, 0.4) is 0 Å². The first-order valence-corrected chi connectivity index (χ1v) is 9.89. The van der Waals surface area contributed by atoms with Crippen LogP contribution in [0.2, 0.25) is 0 Å². The summed E-state index contributed by atoms with van der Waals surface area (Å²) in [5.74, 6) is -2.53. The monoisotopic (exact) mass is 424 g/mol. The molecule has 0 heterocycles. The van der Waals surface area contributed by atoms with Crippen molar-refractivity contribution in [3.05, 3.63) is 107 Å². The van der Waals surface area contributed by atoms with Gasteiger partial charge in [0.2, 0.25) is 0 Å². The number of ether oxygens (including phenoxy) is 1. The van der Waals surface area contributed by atoms with Crippen LogP contribution in [0.25, 0.3) is 21.9 Å². The van der Waals surface area contributed by atoms with Gasteiger partial charge >= 0.3 is 0 Å². The lowest BCUT2D eigenvalue weighted by Crippen LogP contribution is -1.97. The molecular weight excluding hydrogens is 404 g/mol. The lowest BCUT2D eigenvalue weighted by Gasteiger charge is -2.10. The number of hydrogen-bond acceptors (Lipinski definition) is 1. The maximum absolute atomic E-state index is 15.0. The van der Waals surface area contributed by atoms with Gasteiger partial charge in [-0.2, -0.15) is 0 Å². The van der Waals surface area contributed by atoms with Crippen LogP contribution >= 0.6 is 0 Å². The van der Waals surface area contributed by atoms with Gasteiger partial charge in [-0.1, -0.05) is 42.5 Å². The fraction of sp³-hybridized carbons (Fsp3) is 0.154. The molecule has 4 aromatic rings. The zero-order valence-corrected chi connectivity index (χ0v) is 16.9. The smallest absolute Gasteiger partial charge is 0.159 e. The molecule has 0 bridgehead atoms. The minimum absolute atomic E-state index is 0.327. The first-order valence-electron chi connectivity index (χ1n) is 9.89. The van der Waals surface area contributed by atoms with E-state index in [1.165, 1.54) is 12.1 Å². The lowest BCUT2D eigenvalue weighted by atomic mass is 9.96. The zero-order chi connectivity index (χ0) is 22.0. The number of rotatable bonds is 6. The predicted molar refractivity (Wildman–Crippen MR) is 114 cm³/mol. The highest BCUT2D eigenvalue weighted by Crippen LogP contribution is 2.30. The molecule has 5 heteroatoms.